The number of primary amides is 1. The van der Waals surface area contributed by atoms with Crippen LogP contribution in [0.3, 0.4) is 0 Å². The van der Waals surface area contributed by atoms with Crippen LogP contribution < -0.4 is 21.1 Å². The average molecular weight is 265 g/mol. The van der Waals surface area contributed by atoms with E-state index in [1.807, 2.05) is 11.8 Å². The molecule has 1 amide bonds. The standard InChI is InChI=1S/C12H19N5O2/c1-2-19-12-9(13)11(15-7-16-12)17-5-3-8(4-6-17)10(14)18/h7-8H,2-6,13H2,1H3,(H2,14,18). The second kappa shape index (κ2) is 5.73. The van der Waals surface area contributed by atoms with Crippen molar-refractivity contribution in [3.63, 3.8) is 0 Å². The number of nitrogens with two attached hydrogens (primary N) is 2. The number of anilines is 2. The van der Waals surface area contributed by atoms with Crippen LogP contribution in [0.15, 0.2) is 6.33 Å². The Hall–Kier alpha value is -2.05. The van der Waals surface area contributed by atoms with E-state index < -0.39 is 0 Å². The van der Waals surface area contributed by atoms with Crippen molar-refractivity contribution in [3.05, 3.63) is 6.33 Å². The fraction of sp³-hybridized carbons (Fsp3) is 0.583. The third-order valence-electron chi connectivity index (χ3n) is 3.30. The number of nitrogens with zero attached hydrogens (tertiary/aromatic N) is 3. The fourth-order valence-electron chi connectivity index (χ4n) is 2.25. The van der Waals surface area contributed by atoms with E-state index in [4.69, 9.17) is 16.2 Å². The highest BCUT2D eigenvalue weighted by Gasteiger charge is 2.25. The molecule has 0 bridgehead atoms. The van der Waals surface area contributed by atoms with Crippen LogP contribution in [-0.2, 0) is 4.79 Å². The first-order chi connectivity index (χ1) is 9.13. The van der Waals surface area contributed by atoms with Crippen molar-refractivity contribution < 1.29 is 9.53 Å². The van der Waals surface area contributed by atoms with Gasteiger partial charge in [0.2, 0.25) is 11.8 Å². The van der Waals surface area contributed by atoms with E-state index in [1.54, 1.807) is 0 Å². The zero-order valence-electron chi connectivity index (χ0n) is 11.0. The van der Waals surface area contributed by atoms with Crippen LogP contribution in [0, 0.1) is 5.92 Å². The molecular formula is C12H19N5O2. The Morgan fingerprint density at radius 1 is 1.47 bits per heavy atom. The Balaban J connectivity index is 2.11. The van der Waals surface area contributed by atoms with Gasteiger partial charge in [-0.3, -0.25) is 4.79 Å². The number of rotatable bonds is 4. The van der Waals surface area contributed by atoms with Crippen molar-refractivity contribution in [2.24, 2.45) is 11.7 Å². The number of aromatic nitrogens is 2. The van der Waals surface area contributed by atoms with Gasteiger partial charge in [-0.1, -0.05) is 0 Å². The zero-order valence-corrected chi connectivity index (χ0v) is 11.0. The molecule has 1 fully saturated rings. The number of hydrogen-bond donors (Lipinski definition) is 2. The highest BCUT2D eigenvalue weighted by atomic mass is 16.5. The van der Waals surface area contributed by atoms with Gasteiger partial charge < -0.3 is 21.1 Å². The number of amides is 1. The van der Waals surface area contributed by atoms with Gasteiger partial charge in [-0.2, -0.15) is 4.98 Å². The minimum atomic E-state index is -0.231. The van der Waals surface area contributed by atoms with Crippen LogP contribution >= 0.6 is 0 Å². The second-order valence-electron chi connectivity index (χ2n) is 4.51. The molecule has 1 aromatic heterocycles. The first-order valence-electron chi connectivity index (χ1n) is 6.41. The Morgan fingerprint density at radius 2 is 2.16 bits per heavy atom. The summed E-state index contributed by atoms with van der Waals surface area (Å²) in [5, 5.41) is 0. The SMILES string of the molecule is CCOc1ncnc(N2CCC(C(N)=O)CC2)c1N. The summed E-state index contributed by atoms with van der Waals surface area (Å²) in [7, 11) is 0. The molecule has 1 saturated heterocycles. The third kappa shape index (κ3) is 2.86. The Morgan fingerprint density at radius 3 is 2.74 bits per heavy atom. The van der Waals surface area contributed by atoms with Crippen LogP contribution in [0.1, 0.15) is 19.8 Å². The monoisotopic (exact) mass is 265 g/mol. The van der Waals surface area contributed by atoms with Crippen molar-refractivity contribution in [2.75, 3.05) is 30.3 Å². The summed E-state index contributed by atoms with van der Waals surface area (Å²) in [6.07, 6.45) is 2.89. The molecule has 19 heavy (non-hydrogen) atoms. The molecule has 0 aromatic carbocycles. The molecule has 7 heteroatoms. The van der Waals surface area contributed by atoms with Gasteiger partial charge >= 0.3 is 0 Å². The van der Waals surface area contributed by atoms with E-state index in [0.29, 0.717) is 37.1 Å². The molecule has 1 aliphatic rings. The van der Waals surface area contributed by atoms with Gasteiger partial charge in [-0.25, -0.2) is 4.98 Å². The van der Waals surface area contributed by atoms with Crippen LogP contribution in [0.4, 0.5) is 11.5 Å². The van der Waals surface area contributed by atoms with Gasteiger partial charge in [0.1, 0.15) is 12.0 Å². The molecule has 0 atom stereocenters. The van der Waals surface area contributed by atoms with Crippen molar-refractivity contribution in [1.29, 1.82) is 0 Å². The second-order valence-corrected chi connectivity index (χ2v) is 4.51. The number of carbonyl (C=O) groups is 1. The van der Waals surface area contributed by atoms with Crippen LogP contribution in [0.25, 0.3) is 0 Å². The molecule has 0 unspecified atom stereocenters. The fourth-order valence-corrected chi connectivity index (χ4v) is 2.25. The van der Waals surface area contributed by atoms with Gasteiger partial charge in [-0.05, 0) is 19.8 Å². The van der Waals surface area contributed by atoms with Crippen molar-refractivity contribution >= 4 is 17.4 Å². The number of hydrogen-bond acceptors (Lipinski definition) is 6. The molecular weight excluding hydrogens is 246 g/mol. The molecule has 1 aromatic rings. The summed E-state index contributed by atoms with van der Waals surface area (Å²) in [5.41, 5.74) is 11.8. The first-order valence-corrected chi connectivity index (χ1v) is 6.41. The van der Waals surface area contributed by atoms with Crippen molar-refractivity contribution in [1.82, 2.24) is 9.97 Å². The molecule has 0 radical (unpaired) electrons. The Labute approximate surface area is 111 Å². The summed E-state index contributed by atoms with van der Waals surface area (Å²) in [6, 6.07) is 0. The smallest absolute Gasteiger partial charge is 0.242 e. The molecule has 2 heterocycles. The summed E-state index contributed by atoms with van der Waals surface area (Å²) in [4.78, 5) is 21.4. The third-order valence-corrected chi connectivity index (χ3v) is 3.30. The van der Waals surface area contributed by atoms with Crippen LogP contribution in [0.2, 0.25) is 0 Å². The maximum Gasteiger partial charge on any atom is 0.242 e. The lowest BCUT2D eigenvalue weighted by Gasteiger charge is -2.32. The van der Waals surface area contributed by atoms with Gasteiger partial charge in [0.25, 0.3) is 0 Å². The van der Waals surface area contributed by atoms with E-state index in [0.717, 1.165) is 12.8 Å². The van der Waals surface area contributed by atoms with Gasteiger partial charge in [-0.15, -0.1) is 0 Å². The molecule has 104 valence electrons. The van der Waals surface area contributed by atoms with Gasteiger partial charge in [0.15, 0.2) is 5.82 Å². The summed E-state index contributed by atoms with van der Waals surface area (Å²) in [5.74, 6) is 0.793. The highest BCUT2D eigenvalue weighted by Crippen LogP contribution is 2.30. The van der Waals surface area contributed by atoms with Crippen molar-refractivity contribution in [3.8, 4) is 5.88 Å². The van der Waals surface area contributed by atoms with E-state index in [1.165, 1.54) is 6.33 Å². The number of piperidine rings is 1. The predicted octanol–water partition coefficient (Wildman–Crippen LogP) is 0.159. The Kier molecular flexibility index (Phi) is 4.03. The first kappa shape index (κ1) is 13.4. The van der Waals surface area contributed by atoms with Crippen LogP contribution in [0.5, 0.6) is 5.88 Å². The quantitative estimate of drug-likeness (QED) is 0.803. The molecule has 0 saturated carbocycles. The molecule has 1 aliphatic heterocycles. The predicted molar refractivity (Wildman–Crippen MR) is 71.7 cm³/mol. The summed E-state index contributed by atoms with van der Waals surface area (Å²) < 4.78 is 5.35. The van der Waals surface area contributed by atoms with E-state index in [2.05, 4.69) is 9.97 Å². The Bertz CT molecular complexity index is 457. The molecule has 0 aliphatic carbocycles. The largest absolute Gasteiger partial charge is 0.476 e. The minimum Gasteiger partial charge on any atom is -0.476 e. The average Bonchev–Trinajstić information content (AvgIpc) is 2.41. The highest BCUT2D eigenvalue weighted by molar-refractivity contribution is 5.77. The maximum absolute atomic E-state index is 11.1. The lowest BCUT2D eigenvalue weighted by atomic mass is 9.96. The molecule has 7 nitrogen and oxygen atoms in total. The zero-order chi connectivity index (χ0) is 13.8. The number of ether oxygens (including phenoxy) is 1. The van der Waals surface area contributed by atoms with Gasteiger partial charge in [0, 0.05) is 19.0 Å². The molecule has 2 rings (SSSR count). The molecule has 4 N–H and O–H groups in total. The van der Waals surface area contributed by atoms with E-state index in [-0.39, 0.29) is 11.8 Å². The van der Waals surface area contributed by atoms with E-state index in [9.17, 15) is 4.79 Å². The topological polar surface area (TPSA) is 107 Å². The summed E-state index contributed by atoms with van der Waals surface area (Å²) in [6.45, 7) is 3.80. The van der Waals surface area contributed by atoms with E-state index >= 15 is 0 Å². The lowest BCUT2D eigenvalue weighted by molar-refractivity contribution is -0.122. The number of nitrogen functional groups attached to an aromatic ring is 1. The normalized spacial score (nSPS) is 16.4. The van der Waals surface area contributed by atoms with Crippen LogP contribution in [-0.4, -0.2) is 35.6 Å². The van der Waals surface area contributed by atoms with Gasteiger partial charge in [0.05, 0.1) is 6.61 Å². The maximum atomic E-state index is 11.1. The van der Waals surface area contributed by atoms with Crippen molar-refractivity contribution in [2.45, 2.75) is 19.8 Å². The minimum absolute atomic E-state index is 0.0503. The lowest BCUT2D eigenvalue weighted by Crippen LogP contribution is -2.39. The number of carbonyl (C=O) groups excluding carboxylic acids is 1. The summed E-state index contributed by atoms with van der Waals surface area (Å²) >= 11 is 0. The molecule has 0 spiro atoms.